The van der Waals surface area contributed by atoms with Gasteiger partial charge in [-0.05, 0) is 19.3 Å². The molecule has 2 N–H and O–H groups in total. The molecular formula is C10H18O3. The summed E-state index contributed by atoms with van der Waals surface area (Å²) in [7, 11) is 0. The third kappa shape index (κ3) is 1.30. The molecule has 2 aliphatic rings. The van der Waals surface area contributed by atoms with Crippen LogP contribution in [0.1, 0.15) is 39.0 Å². The van der Waals surface area contributed by atoms with Crippen LogP contribution in [0.4, 0.5) is 0 Å². The molecule has 0 bridgehead atoms. The highest BCUT2D eigenvalue weighted by Gasteiger charge is 2.58. The van der Waals surface area contributed by atoms with Crippen molar-refractivity contribution in [2.24, 2.45) is 0 Å². The van der Waals surface area contributed by atoms with Gasteiger partial charge in [0.15, 0.2) is 0 Å². The maximum absolute atomic E-state index is 10.4. The van der Waals surface area contributed by atoms with Crippen molar-refractivity contribution in [2.45, 2.75) is 56.3 Å². The van der Waals surface area contributed by atoms with Crippen LogP contribution in [0.5, 0.6) is 0 Å². The molecule has 3 heteroatoms. The van der Waals surface area contributed by atoms with Crippen molar-refractivity contribution in [3.63, 3.8) is 0 Å². The van der Waals surface area contributed by atoms with E-state index >= 15 is 0 Å². The van der Waals surface area contributed by atoms with Crippen LogP contribution in [0.3, 0.4) is 0 Å². The monoisotopic (exact) mass is 186 g/mol. The molecule has 1 saturated carbocycles. The van der Waals surface area contributed by atoms with E-state index in [4.69, 9.17) is 4.74 Å². The lowest BCUT2D eigenvalue weighted by Gasteiger charge is -2.46. The van der Waals surface area contributed by atoms with E-state index in [1.807, 2.05) is 6.92 Å². The molecule has 0 amide bonds. The minimum absolute atomic E-state index is 0.113. The second-order valence-electron chi connectivity index (χ2n) is 4.34. The largest absolute Gasteiger partial charge is 0.387 e. The SMILES string of the molecule is CCC1(O)CCCCC1(O)C1CO1. The molecule has 2 fully saturated rings. The molecule has 3 unspecified atom stereocenters. The molecule has 1 aliphatic carbocycles. The zero-order chi connectivity index (χ0) is 9.53. The third-order valence-corrected chi connectivity index (χ3v) is 3.65. The molecule has 0 aromatic heterocycles. The Morgan fingerprint density at radius 2 is 1.92 bits per heavy atom. The molecule has 1 aliphatic heterocycles. The fourth-order valence-corrected chi connectivity index (χ4v) is 2.53. The van der Waals surface area contributed by atoms with Gasteiger partial charge in [-0.15, -0.1) is 0 Å². The van der Waals surface area contributed by atoms with Crippen LogP contribution in [-0.4, -0.2) is 34.1 Å². The van der Waals surface area contributed by atoms with E-state index in [9.17, 15) is 10.2 Å². The van der Waals surface area contributed by atoms with Gasteiger partial charge in [0.1, 0.15) is 11.7 Å². The van der Waals surface area contributed by atoms with Crippen LogP contribution in [0.15, 0.2) is 0 Å². The van der Waals surface area contributed by atoms with Crippen molar-refractivity contribution in [1.82, 2.24) is 0 Å². The van der Waals surface area contributed by atoms with E-state index in [-0.39, 0.29) is 6.10 Å². The number of ether oxygens (including phenoxy) is 1. The highest BCUT2D eigenvalue weighted by molar-refractivity contribution is 5.09. The van der Waals surface area contributed by atoms with E-state index in [1.165, 1.54) is 0 Å². The second-order valence-corrected chi connectivity index (χ2v) is 4.34. The van der Waals surface area contributed by atoms with Crippen molar-refractivity contribution in [3.8, 4) is 0 Å². The van der Waals surface area contributed by atoms with E-state index in [2.05, 4.69) is 0 Å². The van der Waals surface area contributed by atoms with Crippen LogP contribution in [0.2, 0.25) is 0 Å². The van der Waals surface area contributed by atoms with Gasteiger partial charge in [0.25, 0.3) is 0 Å². The molecule has 3 nitrogen and oxygen atoms in total. The van der Waals surface area contributed by atoms with Crippen molar-refractivity contribution < 1.29 is 14.9 Å². The van der Waals surface area contributed by atoms with E-state index in [0.29, 0.717) is 25.9 Å². The smallest absolute Gasteiger partial charge is 0.121 e. The van der Waals surface area contributed by atoms with Gasteiger partial charge < -0.3 is 14.9 Å². The molecule has 3 atom stereocenters. The normalized spacial score (nSPS) is 50.5. The Morgan fingerprint density at radius 1 is 1.31 bits per heavy atom. The van der Waals surface area contributed by atoms with Crippen molar-refractivity contribution >= 4 is 0 Å². The van der Waals surface area contributed by atoms with Crippen molar-refractivity contribution in [1.29, 1.82) is 0 Å². The van der Waals surface area contributed by atoms with Gasteiger partial charge in [0, 0.05) is 0 Å². The molecule has 0 spiro atoms. The molecule has 0 radical (unpaired) electrons. The van der Waals surface area contributed by atoms with Gasteiger partial charge in [-0.1, -0.05) is 19.8 Å². The summed E-state index contributed by atoms with van der Waals surface area (Å²) in [5, 5.41) is 20.6. The van der Waals surface area contributed by atoms with Crippen LogP contribution < -0.4 is 0 Å². The lowest BCUT2D eigenvalue weighted by atomic mass is 9.68. The Morgan fingerprint density at radius 3 is 2.46 bits per heavy atom. The molecule has 0 aromatic rings. The first-order valence-electron chi connectivity index (χ1n) is 5.19. The molecule has 1 saturated heterocycles. The minimum Gasteiger partial charge on any atom is -0.387 e. The number of hydrogen-bond donors (Lipinski definition) is 2. The Labute approximate surface area is 78.7 Å². The highest BCUT2D eigenvalue weighted by Crippen LogP contribution is 2.45. The van der Waals surface area contributed by atoms with E-state index < -0.39 is 11.2 Å². The van der Waals surface area contributed by atoms with E-state index in [1.54, 1.807) is 0 Å². The van der Waals surface area contributed by atoms with Crippen LogP contribution >= 0.6 is 0 Å². The van der Waals surface area contributed by atoms with Gasteiger partial charge in [0.2, 0.25) is 0 Å². The molecule has 0 aromatic carbocycles. The topological polar surface area (TPSA) is 53.0 Å². The zero-order valence-electron chi connectivity index (χ0n) is 8.12. The Kier molecular flexibility index (Phi) is 2.13. The quantitative estimate of drug-likeness (QED) is 0.628. The highest BCUT2D eigenvalue weighted by atomic mass is 16.6. The summed E-state index contributed by atoms with van der Waals surface area (Å²) < 4.78 is 5.14. The summed E-state index contributed by atoms with van der Waals surface area (Å²) in [6, 6.07) is 0. The first kappa shape index (κ1) is 9.44. The lowest BCUT2D eigenvalue weighted by Crippen LogP contribution is -2.59. The molecule has 76 valence electrons. The predicted molar refractivity (Wildman–Crippen MR) is 48.4 cm³/mol. The van der Waals surface area contributed by atoms with E-state index in [0.717, 1.165) is 12.8 Å². The number of hydrogen-bond acceptors (Lipinski definition) is 3. The fraction of sp³-hybridized carbons (Fsp3) is 1.00. The van der Waals surface area contributed by atoms with Gasteiger partial charge >= 0.3 is 0 Å². The lowest BCUT2D eigenvalue weighted by molar-refractivity contribution is -0.186. The molecule has 1 heterocycles. The maximum Gasteiger partial charge on any atom is 0.121 e. The first-order valence-corrected chi connectivity index (χ1v) is 5.19. The summed E-state index contributed by atoms with van der Waals surface area (Å²) in [4.78, 5) is 0. The fourth-order valence-electron chi connectivity index (χ4n) is 2.53. The minimum atomic E-state index is -0.972. The number of aliphatic hydroxyl groups is 2. The summed E-state index contributed by atoms with van der Waals surface area (Å²) in [5.41, 5.74) is -1.88. The summed E-state index contributed by atoms with van der Waals surface area (Å²) >= 11 is 0. The maximum atomic E-state index is 10.4. The molecular weight excluding hydrogens is 168 g/mol. The number of rotatable bonds is 2. The first-order chi connectivity index (χ1) is 6.12. The predicted octanol–water partition coefficient (Wildman–Crippen LogP) is 0.831. The van der Waals surface area contributed by atoms with Crippen LogP contribution in [0, 0.1) is 0 Å². The van der Waals surface area contributed by atoms with Gasteiger partial charge in [-0.25, -0.2) is 0 Å². The van der Waals surface area contributed by atoms with Gasteiger partial charge in [0.05, 0.1) is 12.2 Å². The van der Waals surface area contributed by atoms with Gasteiger partial charge in [-0.3, -0.25) is 0 Å². The number of epoxide rings is 1. The average Bonchev–Trinajstić information content (AvgIpc) is 2.93. The van der Waals surface area contributed by atoms with Crippen molar-refractivity contribution in [3.05, 3.63) is 0 Å². The third-order valence-electron chi connectivity index (χ3n) is 3.65. The van der Waals surface area contributed by atoms with Crippen LogP contribution in [-0.2, 0) is 4.74 Å². The van der Waals surface area contributed by atoms with Gasteiger partial charge in [-0.2, -0.15) is 0 Å². The second kappa shape index (κ2) is 2.94. The summed E-state index contributed by atoms with van der Waals surface area (Å²) in [6.45, 7) is 2.54. The summed E-state index contributed by atoms with van der Waals surface area (Å²) in [6.07, 6.45) is 3.90. The average molecular weight is 186 g/mol. The standard InChI is InChI=1S/C10H18O3/c1-2-9(11)5-3-4-6-10(9,12)8-7-13-8/h8,11-12H,2-7H2,1H3. The van der Waals surface area contributed by atoms with Crippen LogP contribution in [0.25, 0.3) is 0 Å². The Balaban J connectivity index is 2.20. The Hall–Kier alpha value is -0.120. The summed E-state index contributed by atoms with van der Waals surface area (Å²) in [5.74, 6) is 0. The molecule has 13 heavy (non-hydrogen) atoms. The zero-order valence-corrected chi connectivity index (χ0v) is 8.12. The molecule has 2 rings (SSSR count). The Bertz CT molecular complexity index is 202. The van der Waals surface area contributed by atoms with Crippen molar-refractivity contribution in [2.75, 3.05) is 6.61 Å².